The molecule has 3 rings (SSSR count). The van der Waals surface area contributed by atoms with Crippen LogP contribution in [0.5, 0.6) is 11.5 Å². The maximum atomic E-state index is 14.1. The first-order valence-corrected chi connectivity index (χ1v) is 9.27. The Labute approximate surface area is 178 Å². The van der Waals surface area contributed by atoms with Crippen LogP contribution in [-0.2, 0) is 4.79 Å². The van der Waals surface area contributed by atoms with Crippen molar-refractivity contribution >= 4 is 22.7 Å². The summed E-state index contributed by atoms with van der Waals surface area (Å²) in [7, 11) is 0. The second-order valence-corrected chi connectivity index (χ2v) is 6.95. The summed E-state index contributed by atoms with van der Waals surface area (Å²) in [6, 6.07) is 6.18. The number of alkyl halides is 3. The Bertz CT molecular complexity index is 1190. The molecule has 32 heavy (non-hydrogen) atoms. The Morgan fingerprint density at radius 1 is 1.19 bits per heavy atom. The van der Waals surface area contributed by atoms with E-state index < -0.39 is 48.1 Å². The minimum atomic E-state index is -4.89. The maximum Gasteiger partial charge on any atom is 0.573 e. The number of aliphatic hydroxyl groups is 1. The van der Waals surface area contributed by atoms with Crippen molar-refractivity contribution in [3.63, 3.8) is 0 Å². The fourth-order valence-corrected chi connectivity index (χ4v) is 3.55. The number of benzene rings is 2. The average Bonchev–Trinajstić information content (AvgIpc) is 2.97. The molecule has 1 atom stereocenters. The first kappa shape index (κ1) is 23.1. The highest BCUT2D eigenvalue weighted by atomic mass is 19.4. The predicted molar refractivity (Wildman–Crippen MR) is 105 cm³/mol. The van der Waals surface area contributed by atoms with E-state index in [0.29, 0.717) is 5.56 Å². The molecule has 0 aliphatic rings. The third kappa shape index (κ3) is 4.37. The van der Waals surface area contributed by atoms with Gasteiger partial charge in [0.2, 0.25) is 5.91 Å². The van der Waals surface area contributed by atoms with Gasteiger partial charge in [-0.15, -0.1) is 13.2 Å². The molecule has 11 heteroatoms. The smallest absolute Gasteiger partial charge is 0.505 e. The van der Waals surface area contributed by atoms with Crippen molar-refractivity contribution in [1.82, 2.24) is 9.88 Å². The lowest BCUT2D eigenvalue weighted by atomic mass is 9.97. The first-order valence-electron chi connectivity index (χ1n) is 9.27. The van der Waals surface area contributed by atoms with Crippen LogP contribution >= 0.6 is 0 Å². The molecular weight excluding hydrogens is 436 g/mol. The highest BCUT2D eigenvalue weighted by Crippen LogP contribution is 2.36. The van der Waals surface area contributed by atoms with Crippen LogP contribution in [0.25, 0.3) is 10.9 Å². The molecule has 0 saturated carbocycles. The maximum absolute atomic E-state index is 14.1. The lowest BCUT2D eigenvalue weighted by molar-refractivity contribution is -0.274. The molecule has 0 spiro atoms. The molecule has 3 N–H and O–H groups in total. The molecule has 0 aliphatic carbocycles. The lowest BCUT2D eigenvalue weighted by Gasteiger charge is -2.13. The van der Waals surface area contributed by atoms with E-state index in [-0.39, 0.29) is 22.2 Å². The number of amides is 1. The number of hydrogen-bond acceptors (Lipinski definition) is 5. The minimum Gasteiger partial charge on any atom is -0.505 e. The number of ether oxygens (including phenoxy) is 1. The number of aliphatic hydroxyl groups excluding tert-OH is 1. The van der Waals surface area contributed by atoms with E-state index in [0.717, 1.165) is 41.0 Å². The first-order chi connectivity index (χ1) is 14.9. The number of carbonyl (C=O) groups excluding carboxylic acids is 2. The quantitative estimate of drug-likeness (QED) is 0.405. The fraction of sp³-hybridized carbons (Fsp3) is 0.238. The molecule has 1 amide bonds. The van der Waals surface area contributed by atoms with Gasteiger partial charge in [-0.1, -0.05) is 0 Å². The van der Waals surface area contributed by atoms with E-state index in [1.165, 1.54) is 13.8 Å². The van der Waals surface area contributed by atoms with E-state index in [2.05, 4.69) is 10.1 Å². The van der Waals surface area contributed by atoms with Crippen molar-refractivity contribution in [2.24, 2.45) is 0 Å². The van der Waals surface area contributed by atoms with Crippen LogP contribution in [0, 0.1) is 12.7 Å². The van der Waals surface area contributed by atoms with E-state index in [1.807, 2.05) is 0 Å². The lowest BCUT2D eigenvalue weighted by Crippen LogP contribution is -2.29. The van der Waals surface area contributed by atoms with Gasteiger partial charge in [0.25, 0.3) is 5.91 Å². The van der Waals surface area contributed by atoms with Gasteiger partial charge < -0.3 is 20.3 Å². The van der Waals surface area contributed by atoms with Gasteiger partial charge in [0, 0.05) is 22.7 Å². The van der Waals surface area contributed by atoms with E-state index in [1.54, 1.807) is 0 Å². The second-order valence-electron chi connectivity index (χ2n) is 6.95. The Kier molecular flexibility index (Phi) is 6.13. The molecule has 1 aromatic heterocycles. The van der Waals surface area contributed by atoms with Gasteiger partial charge in [0.15, 0.2) is 11.6 Å². The second kappa shape index (κ2) is 8.50. The largest absolute Gasteiger partial charge is 0.573 e. The topological polar surface area (TPSA) is 101 Å². The molecule has 7 nitrogen and oxygen atoms in total. The number of hydrogen-bond donors (Lipinski definition) is 3. The van der Waals surface area contributed by atoms with Gasteiger partial charge in [-0.05, 0) is 49.7 Å². The third-order valence-electron chi connectivity index (χ3n) is 4.94. The number of aromatic nitrogens is 1. The molecule has 0 bridgehead atoms. The average molecular weight is 454 g/mol. The van der Waals surface area contributed by atoms with Crippen molar-refractivity contribution in [2.45, 2.75) is 26.1 Å². The molecule has 0 fully saturated rings. The van der Waals surface area contributed by atoms with Gasteiger partial charge in [-0.2, -0.15) is 0 Å². The number of halogens is 4. The Balaban J connectivity index is 2.13. The zero-order chi connectivity index (χ0) is 23.8. The number of aromatic hydroxyl groups is 1. The van der Waals surface area contributed by atoms with Crippen LogP contribution in [0.1, 0.15) is 34.5 Å². The fourth-order valence-electron chi connectivity index (χ4n) is 3.55. The summed E-state index contributed by atoms with van der Waals surface area (Å²) in [5.41, 5.74) is 0.599. The summed E-state index contributed by atoms with van der Waals surface area (Å²) in [5.74, 6) is -4.36. The Morgan fingerprint density at radius 2 is 1.81 bits per heavy atom. The van der Waals surface area contributed by atoms with Crippen molar-refractivity contribution in [3.05, 3.63) is 59.0 Å². The molecule has 0 radical (unpaired) electrons. The van der Waals surface area contributed by atoms with Crippen molar-refractivity contribution in [2.75, 3.05) is 6.73 Å². The number of phenolic OH excluding ortho intramolecular Hbond substituents is 1. The number of nitrogens with one attached hydrogen (secondary N) is 1. The number of carbonyl (C=O) groups is 2. The van der Waals surface area contributed by atoms with Gasteiger partial charge in [-0.3, -0.25) is 14.2 Å². The zero-order valence-electron chi connectivity index (χ0n) is 16.8. The highest BCUT2D eigenvalue weighted by Gasteiger charge is 2.31. The van der Waals surface area contributed by atoms with Crippen LogP contribution in [0.2, 0.25) is 0 Å². The van der Waals surface area contributed by atoms with Crippen LogP contribution < -0.4 is 10.1 Å². The Morgan fingerprint density at radius 3 is 2.38 bits per heavy atom. The molecular formula is C21H18F4N2O5. The number of phenols is 1. The summed E-state index contributed by atoms with van der Waals surface area (Å²) in [6.07, 6.45) is -4.89. The molecule has 170 valence electrons. The molecule has 1 heterocycles. The molecule has 0 saturated heterocycles. The summed E-state index contributed by atoms with van der Waals surface area (Å²) < 4.78 is 56.1. The van der Waals surface area contributed by atoms with Crippen LogP contribution in [0.4, 0.5) is 17.6 Å². The van der Waals surface area contributed by atoms with E-state index in [9.17, 15) is 32.3 Å². The highest BCUT2D eigenvalue weighted by molar-refractivity contribution is 6.05. The number of rotatable bonds is 5. The predicted octanol–water partition coefficient (Wildman–Crippen LogP) is 3.55. The SMILES string of the molecule is Cc1c([C@H](C)C(=O)NCO)c2cc(O)c(F)cc2n1C(=O)c1ccc(OC(F)(F)F)cc1. The van der Waals surface area contributed by atoms with Crippen LogP contribution in [0.3, 0.4) is 0 Å². The summed E-state index contributed by atoms with van der Waals surface area (Å²) in [5, 5.41) is 21.3. The minimum absolute atomic E-state index is 0.0213. The molecule has 0 unspecified atom stereocenters. The summed E-state index contributed by atoms with van der Waals surface area (Å²) in [4.78, 5) is 25.5. The van der Waals surface area contributed by atoms with Crippen molar-refractivity contribution in [3.8, 4) is 11.5 Å². The third-order valence-corrected chi connectivity index (χ3v) is 4.94. The van der Waals surface area contributed by atoms with E-state index in [4.69, 9.17) is 5.11 Å². The number of nitrogens with zero attached hydrogens (tertiary/aromatic N) is 1. The summed E-state index contributed by atoms with van der Waals surface area (Å²) >= 11 is 0. The normalized spacial score (nSPS) is 12.6. The number of fused-ring (bicyclic) bond motifs is 1. The molecule has 0 aliphatic heterocycles. The van der Waals surface area contributed by atoms with E-state index >= 15 is 0 Å². The van der Waals surface area contributed by atoms with Gasteiger partial charge >= 0.3 is 6.36 Å². The Hall–Kier alpha value is -3.60. The van der Waals surface area contributed by atoms with Gasteiger partial charge in [0.05, 0.1) is 11.4 Å². The zero-order valence-corrected chi connectivity index (χ0v) is 16.8. The standard InChI is InChI=1S/C21H18F4N2O5/c1-10(19(30)26-9-28)18-11(2)27(16-8-15(22)17(29)7-14(16)18)20(31)12-3-5-13(6-4-12)32-21(23,24)25/h3-8,10,28-29H,9H2,1-2H3,(H,26,30)/t10-/m0/s1. The van der Waals surface area contributed by atoms with Crippen molar-refractivity contribution in [1.29, 1.82) is 0 Å². The molecule has 3 aromatic rings. The van der Waals surface area contributed by atoms with Crippen molar-refractivity contribution < 1.29 is 42.1 Å². The monoisotopic (exact) mass is 454 g/mol. The summed E-state index contributed by atoms with van der Waals surface area (Å²) in [6.45, 7) is 2.39. The van der Waals surface area contributed by atoms with Gasteiger partial charge in [-0.25, -0.2) is 4.39 Å². The molecule has 2 aromatic carbocycles. The van der Waals surface area contributed by atoms with Crippen LogP contribution in [-0.4, -0.2) is 39.7 Å². The van der Waals surface area contributed by atoms with Gasteiger partial charge in [0.1, 0.15) is 12.5 Å². The van der Waals surface area contributed by atoms with Crippen LogP contribution in [0.15, 0.2) is 36.4 Å².